The van der Waals surface area contributed by atoms with Gasteiger partial charge in [0.25, 0.3) is 0 Å². The third-order valence-electron chi connectivity index (χ3n) is 5.66. The van der Waals surface area contributed by atoms with Crippen LogP contribution >= 0.6 is 23.1 Å². The van der Waals surface area contributed by atoms with Crippen molar-refractivity contribution >= 4 is 56.2 Å². The van der Waals surface area contributed by atoms with Gasteiger partial charge in [-0.05, 0) is 45.1 Å². The molecule has 3 heterocycles. The maximum absolute atomic E-state index is 12.9. The molecule has 5 rings (SSSR count). The molecular weight excluding hydrogens is 428 g/mol. The van der Waals surface area contributed by atoms with Crippen molar-refractivity contribution in [2.45, 2.75) is 62.9 Å². The number of rotatable bonds is 6. The van der Waals surface area contributed by atoms with Crippen LogP contribution in [0.15, 0.2) is 29.4 Å². The van der Waals surface area contributed by atoms with E-state index in [2.05, 4.69) is 38.1 Å². The van der Waals surface area contributed by atoms with E-state index in [0.29, 0.717) is 16.7 Å². The van der Waals surface area contributed by atoms with Crippen molar-refractivity contribution in [3.63, 3.8) is 0 Å². The molecule has 0 aliphatic heterocycles. The largest absolute Gasteiger partial charge is 0.324 e. The SMILES string of the molecule is CCC(Sc1nnc2c3ccccc3n(CC)c2n1)C(=O)Nc1nc2c(s1)CCCC2. The third kappa shape index (κ3) is 3.80. The van der Waals surface area contributed by atoms with Gasteiger partial charge in [0, 0.05) is 16.8 Å². The van der Waals surface area contributed by atoms with E-state index in [1.54, 1.807) is 11.3 Å². The van der Waals surface area contributed by atoms with E-state index < -0.39 is 0 Å². The van der Waals surface area contributed by atoms with Crippen LogP contribution in [0.1, 0.15) is 43.7 Å². The fraction of sp³-hybridized carbons (Fsp3) is 0.409. The Balaban J connectivity index is 1.38. The number of nitrogens with one attached hydrogen (secondary N) is 1. The Morgan fingerprint density at radius 3 is 2.84 bits per heavy atom. The molecule has 0 radical (unpaired) electrons. The molecule has 1 aliphatic carbocycles. The molecule has 0 saturated carbocycles. The summed E-state index contributed by atoms with van der Waals surface area (Å²) in [5.74, 6) is -0.0571. The quantitative estimate of drug-likeness (QED) is 0.421. The van der Waals surface area contributed by atoms with Gasteiger partial charge in [-0.3, -0.25) is 4.79 Å². The Hall–Kier alpha value is -2.52. The van der Waals surface area contributed by atoms with Crippen LogP contribution in [0.2, 0.25) is 0 Å². The Morgan fingerprint density at radius 2 is 2.03 bits per heavy atom. The number of carbonyl (C=O) groups is 1. The highest BCUT2D eigenvalue weighted by Crippen LogP contribution is 2.32. The van der Waals surface area contributed by atoms with Crippen molar-refractivity contribution in [2.24, 2.45) is 0 Å². The van der Waals surface area contributed by atoms with Crippen molar-refractivity contribution in [1.29, 1.82) is 0 Å². The highest BCUT2D eigenvalue weighted by molar-refractivity contribution is 8.00. The summed E-state index contributed by atoms with van der Waals surface area (Å²) in [6.45, 7) is 4.88. The number of hydrogen-bond acceptors (Lipinski definition) is 7. The van der Waals surface area contributed by atoms with E-state index in [-0.39, 0.29) is 11.2 Å². The van der Waals surface area contributed by atoms with Gasteiger partial charge in [-0.1, -0.05) is 36.9 Å². The molecule has 1 amide bonds. The van der Waals surface area contributed by atoms with Gasteiger partial charge in [0.1, 0.15) is 5.52 Å². The first-order chi connectivity index (χ1) is 15.2. The van der Waals surface area contributed by atoms with E-state index in [4.69, 9.17) is 4.98 Å². The van der Waals surface area contributed by atoms with Gasteiger partial charge in [0.15, 0.2) is 10.8 Å². The van der Waals surface area contributed by atoms with Crippen LogP contribution in [0.5, 0.6) is 0 Å². The van der Waals surface area contributed by atoms with Gasteiger partial charge in [0.05, 0.1) is 16.5 Å². The molecule has 1 unspecified atom stereocenters. The number of thioether (sulfide) groups is 1. The molecule has 0 bridgehead atoms. The summed E-state index contributed by atoms with van der Waals surface area (Å²) in [6, 6.07) is 8.14. The number of thiazole rings is 1. The molecule has 9 heteroatoms. The van der Waals surface area contributed by atoms with Crippen LogP contribution in [-0.4, -0.2) is 35.9 Å². The smallest absolute Gasteiger partial charge is 0.239 e. The van der Waals surface area contributed by atoms with Crippen LogP contribution in [0.4, 0.5) is 5.13 Å². The number of anilines is 1. The second-order valence-electron chi connectivity index (χ2n) is 7.63. The number of hydrogen-bond donors (Lipinski definition) is 1. The Morgan fingerprint density at radius 1 is 1.19 bits per heavy atom. The van der Waals surface area contributed by atoms with Crippen molar-refractivity contribution in [1.82, 2.24) is 24.7 Å². The lowest BCUT2D eigenvalue weighted by Crippen LogP contribution is -2.24. The molecule has 1 atom stereocenters. The fourth-order valence-electron chi connectivity index (χ4n) is 4.10. The van der Waals surface area contributed by atoms with Crippen molar-refractivity contribution in [2.75, 3.05) is 5.32 Å². The molecule has 0 fully saturated rings. The van der Waals surface area contributed by atoms with E-state index in [1.165, 1.54) is 29.5 Å². The molecule has 160 valence electrons. The zero-order chi connectivity index (χ0) is 21.4. The minimum atomic E-state index is -0.306. The number of aromatic nitrogens is 5. The average Bonchev–Trinajstić information content (AvgIpc) is 3.34. The summed E-state index contributed by atoms with van der Waals surface area (Å²) in [4.78, 5) is 23.7. The predicted octanol–water partition coefficient (Wildman–Crippen LogP) is 4.84. The lowest BCUT2D eigenvalue weighted by molar-refractivity contribution is -0.115. The Labute approximate surface area is 188 Å². The third-order valence-corrected chi connectivity index (χ3v) is 7.95. The van der Waals surface area contributed by atoms with E-state index in [1.807, 2.05) is 25.1 Å². The van der Waals surface area contributed by atoms with Crippen LogP contribution in [0, 0.1) is 0 Å². The standard InChI is InChI=1S/C22H24N6OS2/c1-3-16(20(29)25-21-23-14-10-6-8-12-17(14)31-21)30-22-24-19-18(26-27-22)13-9-5-7-11-15(13)28(19)4-2/h5,7,9,11,16H,3-4,6,8,10,12H2,1-2H3,(H,23,25,29). The van der Waals surface area contributed by atoms with Gasteiger partial charge in [-0.15, -0.1) is 21.5 Å². The topological polar surface area (TPSA) is 85.6 Å². The van der Waals surface area contributed by atoms with E-state index in [0.717, 1.165) is 47.1 Å². The maximum Gasteiger partial charge on any atom is 0.239 e. The van der Waals surface area contributed by atoms with Gasteiger partial charge in [-0.25, -0.2) is 9.97 Å². The number of aryl methyl sites for hydroxylation is 3. The van der Waals surface area contributed by atoms with E-state index >= 15 is 0 Å². The number of fused-ring (bicyclic) bond motifs is 4. The minimum absolute atomic E-state index is 0.0571. The van der Waals surface area contributed by atoms with Gasteiger partial charge >= 0.3 is 0 Å². The summed E-state index contributed by atoms with van der Waals surface area (Å²) in [5, 5.41) is 13.8. The lowest BCUT2D eigenvalue weighted by Gasteiger charge is -2.12. The Kier molecular flexibility index (Phi) is 5.62. The number of carbonyl (C=O) groups excluding carboxylic acids is 1. The summed E-state index contributed by atoms with van der Waals surface area (Å²) >= 11 is 2.97. The summed E-state index contributed by atoms with van der Waals surface area (Å²) < 4.78 is 2.14. The second-order valence-corrected chi connectivity index (χ2v) is 9.88. The first kappa shape index (κ1) is 20.4. The fourth-order valence-corrected chi connectivity index (χ4v) is 5.97. The predicted molar refractivity (Wildman–Crippen MR) is 126 cm³/mol. The van der Waals surface area contributed by atoms with Gasteiger partial charge < -0.3 is 9.88 Å². The van der Waals surface area contributed by atoms with Gasteiger partial charge in [-0.2, -0.15) is 0 Å². The molecular formula is C22H24N6OS2. The molecule has 7 nitrogen and oxygen atoms in total. The molecule has 31 heavy (non-hydrogen) atoms. The van der Waals surface area contributed by atoms with Crippen LogP contribution in [0.3, 0.4) is 0 Å². The lowest BCUT2D eigenvalue weighted by atomic mass is 10.0. The zero-order valence-electron chi connectivity index (χ0n) is 17.6. The Bertz CT molecular complexity index is 1240. The van der Waals surface area contributed by atoms with Crippen molar-refractivity contribution < 1.29 is 4.79 Å². The highest BCUT2D eigenvalue weighted by Gasteiger charge is 2.23. The van der Waals surface area contributed by atoms with E-state index in [9.17, 15) is 4.79 Å². The van der Waals surface area contributed by atoms with Crippen molar-refractivity contribution in [3.05, 3.63) is 34.8 Å². The zero-order valence-corrected chi connectivity index (χ0v) is 19.2. The number of benzene rings is 1. The number of nitrogens with zero attached hydrogens (tertiary/aromatic N) is 5. The average molecular weight is 453 g/mol. The van der Waals surface area contributed by atoms with Gasteiger partial charge in [0.2, 0.25) is 11.1 Å². The summed E-state index contributed by atoms with van der Waals surface area (Å²) in [6.07, 6.45) is 5.13. The molecule has 1 aliphatic rings. The molecule has 1 N–H and O–H groups in total. The van der Waals surface area contributed by atoms with Crippen LogP contribution < -0.4 is 5.32 Å². The highest BCUT2D eigenvalue weighted by atomic mass is 32.2. The summed E-state index contributed by atoms with van der Waals surface area (Å²) in [5.41, 5.74) is 3.86. The second kappa shape index (κ2) is 8.55. The van der Waals surface area contributed by atoms with Crippen LogP contribution in [-0.2, 0) is 24.2 Å². The number of para-hydroxylation sites is 1. The molecule has 1 aromatic carbocycles. The maximum atomic E-state index is 12.9. The monoisotopic (exact) mass is 452 g/mol. The first-order valence-corrected chi connectivity index (χ1v) is 12.4. The minimum Gasteiger partial charge on any atom is -0.324 e. The first-order valence-electron chi connectivity index (χ1n) is 10.8. The van der Waals surface area contributed by atoms with Crippen LogP contribution in [0.25, 0.3) is 22.1 Å². The molecule has 0 spiro atoms. The molecule has 0 saturated heterocycles. The number of amides is 1. The summed E-state index contributed by atoms with van der Waals surface area (Å²) in [7, 11) is 0. The van der Waals surface area contributed by atoms with Crippen molar-refractivity contribution in [3.8, 4) is 0 Å². The molecule has 4 aromatic rings. The normalized spacial score (nSPS) is 14.6. The molecule has 3 aromatic heterocycles.